The highest BCUT2D eigenvalue weighted by atomic mass is 15.3. The largest absolute Gasteiger partial charge is 0.317 e. The molecule has 0 bridgehead atoms. The van der Waals surface area contributed by atoms with E-state index in [1.54, 1.807) is 6.33 Å². The summed E-state index contributed by atoms with van der Waals surface area (Å²) in [6.45, 7) is 9.86. The molecular formula is C13H25N5. The van der Waals surface area contributed by atoms with Crippen molar-refractivity contribution in [3.8, 4) is 0 Å². The summed E-state index contributed by atoms with van der Waals surface area (Å²) in [5, 5.41) is 11.7. The molecule has 1 aromatic heterocycles. The minimum atomic E-state index is 0.639. The summed E-state index contributed by atoms with van der Waals surface area (Å²) >= 11 is 0. The minimum Gasteiger partial charge on any atom is -0.317 e. The van der Waals surface area contributed by atoms with Crippen molar-refractivity contribution in [2.75, 3.05) is 19.6 Å². The summed E-state index contributed by atoms with van der Waals surface area (Å²) in [4.78, 5) is 2.56. The Hall–Kier alpha value is -0.940. The van der Waals surface area contributed by atoms with Crippen molar-refractivity contribution in [2.45, 2.75) is 52.2 Å². The van der Waals surface area contributed by atoms with Crippen molar-refractivity contribution >= 4 is 0 Å². The second-order valence-electron chi connectivity index (χ2n) is 5.03. The third kappa shape index (κ3) is 3.53. The first-order chi connectivity index (χ1) is 8.83. The predicted octanol–water partition coefficient (Wildman–Crippen LogP) is 1.26. The van der Waals surface area contributed by atoms with Crippen LogP contribution in [-0.2, 0) is 13.1 Å². The molecule has 1 N–H and O–H groups in total. The van der Waals surface area contributed by atoms with E-state index in [4.69, 9.17) is 0 Å². The lowest BCUT2D eigenvalue weighted by atomic mass is 10.0. The van der Waals surface area contributed by atoms with Crippen LogP contribution in [0.5, 0.6) is 0 Å². The molecule has 1 saturated heterocycles. The molecule has 1 fully saturated rings. The van der Waals surface area contributed by atoms with Gasteiger partial charge in [-0.25, -0.2) is 0 Å². The molecule has 0 saturated carbocycles. The van der Waals surface area contributed by atoms with Gasteiger partial charge in [0, 0.05) is 12.6 Å². The van der Waals surface area contributed by atoms with Crippen LogP contribution in [0, 0.1) is 0 Å². The Morgan fingerprint density at radius 1 is 1.33 bits per heavy atom. The third-order valence-corrected chi connectivity index (χ3v) is 3.71. The first-order valence-corrected chi connectivity index (χ1v) is 7.16. The summed E-state index contributed by atoms with van der Waals surface area (Å²) in [7, 11) is 0. The molecule has 0 amide bonds. The fraction of sp³-hybridized carbons (Fsp3) is 0.846. The molecule has 5 nitrogen and oxygen atoms in total. The number of piperidine rings is 1. The van der Waals surface area contributed by atoms with Gasteiger partial charge in [-0.2, -0.15) is 0 Å². The maximum atomic E-state index is 4.16. The predicted molar refractivity (Wildman–Crippen MR) is 72.3 cm³/mol. The van der Waals surface area contributed by atoms with Crippen molar-refractivity contribution < 1.29 is 0 Å². The highest BCUT2D eigenvalue weighted by molar-refractivity contribution is 4.87. The molecule has 1 aliphatic heterocycles. The summed E-state index contributed by atoms with van der Waals surface area (Å²) in [6.07, 6.45) is 5.57. The number of nitrogens with zero attached hydrogens (tertiary/aromatic N) is 4. The molecular weight excluding hydrogens is 226 g/mol. The Morgan fingerprint density at radius 2 is 2.11 bits per heavy atom. The fourth-order valence-electron chi connectivity index (χ4n) is 2.59. The Balaban J connectivity index is 1.72. The minimum absolute atomic E-state index is 0.639. The lowest BCUT2D eigenvalue weighted by molar-refractivity contribution is 0.197. The van der Waals surface area contributed by atoms with Crippen LogP contribution in [0.4, 0.5) is 0 Å². The van der Waals surface area contributed by atoms with E-state index in [2.05, 4.69) is 38.8 Å². The number of aromatic nitrogens is 3. The quantitative estimate of drug-likeness (QED) is 0.827. The first-order valence-electron chi connectivity index (χ1n) is 7.16. The molecule has 0 spiro atoms. The van der Waals surface area contributed by atoms with E-state index in [1.807, 2.05) is 0 Å². The van der Waals surface area contributed by atoms with Crippen molar-refractivity contribution in [2.24, 2.45) is 0 Å². The third-order valence-electron chi connectivity index (χ3n) is 3.71. The van der Waals surface area contributed by atoms with Crippen molar-refractivity contribution in [3.05, 3.63) is 12.2 Å². The summed E-state index contributed by atoms with van der Waals surface area (Å²) in [5.74, 6) is 1.05. The Labute approximate surface area is 110 Å². The van der Waals surface area contributed by atoms with Gasteiger partial charge in [0.2, 0.25) is 0 Å². The molecule has 2 rings (SSSR count). The standard InChI is InChI=1S/C13H25N5/c1-3-7-17-8-5-12(6-9-17)14-10-13-16-15-11-18(13)4-2/h11-12,14H,3-10H2,1-2H3. The fourth-order valence-corrected chi connectivity index (χ4v) is 2.59. The van der Waals surface area contributed by atoms with Crippen molar-refractivity contribution in [1.29, 1.82) is 0 Å². The molecule has 0 radical (unpaired) electrons. The van der Waals surface area contributed by atoms with Gasteiger partial charge in [-0.05, 0) is 45.8 Å². The normalized spacial score (nSPS) is 18.3. The number of likely N-dealkylation sites (tertiary alicyclic amines) is 1. The number of hydrogen-bond acceptors (Lipinski definition) is 4. The zero-order valence-corrected chi connectivity index (χ0v) is 11.6. The topological polar surface area (TPSA) is 46.0 Å². The van der Waals surface area contributed by atoms with Crippen molar-refractivity contribution in [1.82, 2.24) is 25.0 Å². The number of rotatable bonds is 6. The summed E-state index contributed by atoms with van der Waals surface area (Å²) in [6, 6.07) is 0.639. The van der Waals surface area contributed by atoms with Gasteiger partial charge in [0.1, 0.15) is 12.2 Å². The second kappa shape index (κ2) is 6.85. The Bertz CT molecular complexity index is 341. The summed E-state index contributed by atoms with van der Waals surface area (Å²) in [5.41, 5.74) is 0. The average molecular weight is 251 g/mol. The molecule has 102 valence electrons. The van der Waals surface area contributed by atoms with Crippen LogP contribution in [0.3, 0.4) is 0 Å². The van der Waals surface area contributed by atoms with Gasteiger partial charge in [-0.15, -0.1) is 10.2 Å². The van der Waals surface area contributed by atoms with Crippen LogP contribution in [0.15, 0.2) is 6.33 Å². The molecule has 18 heavy (non-hydrogen) atoms. The number of nitrogens with one attached hydrogen (secondary N) is 1. The molecule has 2 heterocycles. The second-order valence-corrected chi connectivity index (χ2v) is 5.03. The van der Waals surface area contributed by atoms with E-state index in [0.29, 0.717) is 6.04 Å². The van der Waals surface area contributed by atoms with Crippen LogP contribution in [0.2, 0.25) is 0 Å². The van der Waals surface area contributed by atoms with Crippen molar-refractivity contribution in [3.63, 3.8) is 0 Å². The smallest absolute Gasteiger partial charge is 0.146 e. The lowest BCUT2D eigenvalue weighted by Gasteiger charge is -2.32. The molecule has 1 aromatic rings. The van der Waals surface area contributed by atoms with Crippen LogP contribution in [0.25, 0.3) is 0 Å². The van der Waals surface area contributed by atoms with Gasteiger partial charge in [0.15, 0.2) is 0 Å². The van der Waals surface area contributed by atoms with Gasteiger partial charge in [-0.1, -0.05) is 6.92 Å². The van der Waals surface area contributed by atoms with Crippen LogP contribution in [0.1, 0.15) is 38.9 Å². The first kappa shape index (κ1) is 13.5. The van der Waals surface area contributed by atoms with E-state index in [0.717, 1.165) is 18.9 Å². The molecule has 0 aliphatic carbocycles. The van der Waals surface area contributed by atoms with Crippen LogP contribution < -0.4 is 5.32 Å². The number of aryl methyl sites for hydroxylation is 1. The van der Waals surface area contributed by atoms with E-state index in [9.17, 15) is 0 Å². The average Bonchev–Trinajstić information content (AvgIpc) is 2.86. The van der Waals surface area contributed by atoms with E-state index in [1.165, 1.54) is 38.9 Å². The molecule has 0 aromatic carbocycles. The summed E-state index contributed by atoms with van der Waals surface area (Å²) < 4.78 is 2.10. The Kier molecular flexibility index (Phi) is 5.13. The van der Waals surface area contributed by atoms with E-state index in [-0.39, 0.29) is 0 Å². The maximum Gasteiger partial charge on any atom is 0.146 e. The molecule has 0 atom stereocenters. The van der Waals surface area contributed by atoms with Crippen LogP contribution in [-0.4, -0.2) is 45.3 Å². The zero-order valence-electron chi connectivity index (χ0n) is 11.6. The monoisotopic (exact) mass is 251 g/mol. The SMILES string of the molecule is CCCN1CCC(NCc2nncn2CC)CC1. The van der Waals surface area contributed by atoms with Gasteiger partial charge in [0.05, 0.1) is 6.54 Å². The van der Waals surface area contributed by atoms with Gasteiger partial charge in [-0.3, -0.25) is 0 Å². The van der Waals surface area contributed by atoms with Gasteiger partial charge < -0.3 is 14.8 Å². The molecule has 0 unspecified atom stereocenters. The highest BCUT2D eigenvalue weighted by Gasteiger charge is 2.18. The van der Waals surface area contributed by atoms with Crippen LogP contribution >= 0.6 is 0 Å². The number of hydrogen-bond donors (Lipinski definition) is 1. The van der Waals surface area contributed by atoms with E-state index >= 15 is 0 Å². The maximum absolute atomic E-state index is 4.16. The molecule has 1 aliphatic rings. The van der Waals surface area contributed by atoms with Gasteiger partial charge in [0.25, 0.3) is 0 Å². The lowest BCUT2D eigenvalue weighted by Crippen LogP contribution is -2.42. The van der Waals surface area contributed by atoms with E-state index < -0.39 is 0 Å². The molecule has 5 heteroatoms. The van der Waals surface area contributed by atoms with Gasteiger partial charge >= 0.3 is 0 Å². The Morgan fingerprint density at radius 3 is 2.78 bits per heavy atom. The zero-order chi connectivity index (χ0) is 12.8. The highest BCUT2D eigenvalue weighted by Crippen LogP contribution is 2.11.